The minimum atomic E-state index is -0.202. The average Bonchev–Trinajstić information content (AvgIpc) is 2.46. The van der Waals surface area contributed by atoms with Crippen molar-refractivity contribution in [3.63, 3.8) is 0 Å². The van der Waals surface area contributed by atoms with E-state index in [4.69, 9.17) is 0 Å². The third-order valence-electron chi connectivity index (χ3n) is 2.91. The molecule has 2 rings (SSSR count). The molecule has 100 valence electrons. The van der Waals surface area contributed by atoms with Gasteiger partial charge in [-0.25, -0.2) is 4.39 Å². The first kappa shape index (κ1) is 13.6. The predicted octanol–water partition coefficient (Wildman–Crippen LogP) is 3.07. The van der Waals surface area contributed by atoms with Crippen molar-refractivity contribution >= 4 is 5.69 Å². The highest BCUT2D eigenvalue weighted by Gasteiger charge is 1.93. The van der Waals surface area contributed by atoms with Gasteiger partial charge in [-0.15, -0.1) is 0 Å². The SMILES string of the molecule is Fc1ccc(NCCNCCc2ccccc2)cc1. The number of hydrogen-bond acceptors (Lipinski definition) is 2. The number of anilines is 1. The molecular formula is C16H19FN2. The molecule has 0 atom stereocenters. The zero-order valence-electron chi connectivity index (χ0n) is 10.9. The Labute approximate surface area is 113 Å². The largest absolute Gasteiger partial charge is 0.384 e. The maximum atomic E-state index is 12.7. The second kappa shape index (κ2) is 7.54. The van der Waals surface area contributed by atoms with Gasteiger partial charge in [0, 0.05) is 18.8 Å². The Morgan fingerprint density at radius 2 is 1.53 bits per heavy atom. The number of rotatable bonds is 7. The quantitative estimate of drug-likeness (QED) is 0.746. The maximum absolute atomic E-state index is 12.7. The van der Waals surface area contributed by atoms with E-state index in [0.29, 0.717) is 0 Å². The monoisotopic (exact) mass is 258 g/mol. The molecule has 0 saturated heterocycles. The van der Waals surface area contributed by atoms with Crippen LogP contribution in [0, 0.1) is 5.82 Å². The molecule has 0 amide bonds. The Morgan fingerprint density at radius 3 is 2.26 bits per heavy atom. The lowest BCUT2D eigenvalue weighted by atomic mass is 10.1. The third kappa shape index (κ3) is 5.10. The van der Waals surface area contributed by atoms with Gasteiger partial charge in [-0.05, 0) is 42.8 Å². The van der Waals surface area contributed by atoms with Crippen LogP contribution in [0.5, 0.6) is 0 Å². The highest BCUT2D eigenvalue weighted by atomic mass is 19.1. The molecule has 0 aliphatic carbocycles. The standard InChI is InChI=1S/C16H19FN2/c17-15-6-8-16(9-7-15)19-13-12-18-11-10-14-4-2-1-3-5-14/h1-9,18-19H,10-13H2. The molecule has 0 saturated carbocycles. The summed E-state index contributed by atoms with van der Waals surface area (Å²) in [7, 11) is 0. The second-order valence-electron chi connectivity index (χ2n) is 4.42. The second-order valence-corrected chi connectivity index (χ2v) is 4.42. The van der Waals surface area contributed by atoms with Crippen molar-refractivity contribution in [1.82, 2.24) is 5.32 Å². The normalized spacial score (nSPS) is 10.4. The van der Waals surface area contributed by atoms with Gasteiger partial charge in [0.25, 0.3) is 0 Å². The Balaban J connectivity index is 1.56. The zero-order valence-corrected chi connectivity index (χ0v) is 10.9. The summed E-state index contributed by atoms with van der Waals surface area (Å²) in [4.78, 5) is 0. The summed E-state index contributed by atoms with van der Waals surface area (Å²) in [6.45, 7) is 2.69. The highest BCUT2D eigenvalue weighted by molar-refractivity contribution is 5.42. The molecule has 2 N–H and O–H groups in total. The van der Waals surface area contributed by atoms with Gasteiger partial charge in [-0.1, -0.05) is 30.3 Å². The third-order valence-corrected chi connectivity index (χ3v) is 2.91. The molecule has 2 aromatic rings. The smallest absolute Gasteiger partial charge is 0.123 e. The molecular weight excluding hydrogens is 239 g/mol. The van der Waals surface area contributed by atoms with E-state index in [1.165, 1.54) is 17.7 Å². The van der Waals surface area contributed by atoms with Crippen LogP contribution in [0.25, 0.3) is 0 Å². The molecule has 0 spiro atoms. The van der Waals surface area contributed by atoms with E-state index in [-0.39, 0.29) is 5.82 Å². The maximum Gasteiger partial charge on any atom is 0.123 e. The minimum Gasteiger partial charge on any atom is -0.384 e. The van der Waals surface area contributed by atoms with E-state index in [0.717, 1.165) is 31.7 Å². The summed E-state index contributed by atoms with van der Waals surface area (Å²) >= 11 is 0. The lowest BCUT2D eigenvalue weighted by Crippen LogP contribution is -2.24. The van der Waals surface area contributed by atoms with E-state index in [1.807, 2.05) is 6.07 Å². The van der Waals surface area contributed by atoms with Gasteiger partial charge >= 0.3 is 0 Å². The molecule has 0 aliphatic heterocycles. The van der Waals surface area contributed by atoms with E-state index < -0.39 is 0 Å². The fraction of sp³-hybridized carbons (Fsp3) is 0.250. The Kier molecular flexibility index (Phi) is 5.38. The molecule has 2 aromatic carbocycles. The van der Waals surface area contributed by atoms with E-state index in [9.17, 15) is 4.39 Å². The van der Waals surface area contributed by atoms with Gasteiger partial charge in [0.15, 0.2) is 0 Å². The summed E-state index contributed by atoms with van der Waals surface area (Å²) in [6, 6.07) is 16.9. The van der Waals surface area contributed by atoms with Crippen molar-refractivity contribution in [1.29, 1.82) is 0 Å². The molecule has 0 fully saturated rings. The lowest BCUT2D eigenvalue weighted by molar-refractivity contribution is 0.628. The molecule has 3 heteroatoms. The molecule has 0 unspecified atom stereocenters. The first-order valence-electron chi connectivity index (χ1n) is 6.59. The van der Waals surface area contributed by atoms with Crippen LogP contribution in [0.15, 0.2) is 54.6 Å². The van der Waals surface area contributed by atoms with Crippen molar-refractivity contribution in [3.05, 3.63) is 66.0 Å². The highest BCUT2D eigenvalue weighted by Crippen LogP contribution is 2.07. The Hall–Kier alpha value is -1.87. The first-order chi connectivity index (χ1) is 9.34. The van der Waals surface area contributed by atoms with E-state index in [1.54, 1.807) is 12.1 Å². The van der Waals surface area contributed by atoms with Crippen molar-refractivity contribution in [3.8, 4) is 0 Å². The van der Waals surface area contributed by atoms with E-state index >= 15 is 0 Å². The Bertz CT molecular complexity index is 468. The minimum absolute atomic E-state index is 0.202. The molecule has 0 heterocycles. The van der Waals surface area contributed by atoms with Crippen molar-refractivity contribution in [2.75, 3.05) is 25.0 Å². The van der Waals surface area contributed by atoms with E-state index in [2.05, 4.69) is 34.9 Å². The van der Waals surface area contributed by atoms with Crippen LogP contribution >= 0.6 is 0 Å². The lowest BCUT2D eigenvalue weighted by Gasteiger charge is -2.07. The van der Waals surface area contributed by atoms with Gasteiger partial charge in [0.2, 0.25) is 0 Å². The van der Waals surface area contributed by atoms with Crippen LogP contribution in [0.4, 0.5) is 10.1 Å². The van der Waals surface area contributed by atoms with Gasteiger partial charge in [0.05, 0.1) is 0 Å². The van der Waals surface area contributed by atoms with Crippen LogP contribution in [0.3, 0.4) is 0 Å². The molecule has 19 heavy (non-hydrogen) atoms. The number of halogens is 1. The van der Waals surface area contributed by atoms with Crippen LogP contribution < -0.4 is 10.6 Å². The molecule has 0 aromatic heterocycles. The average molecular weight is 258 g/mol. The van der Waals surface area contributed by atoms with Crippen LogP contribution in [0.2, 0.25) is 0 Å². The summed E-state index contributed by atoms with van der Waals surface area (Å²) in [6.07, 6.45) is 1.04. The fourth-order valence-corrected chi connectivity index (χ4v) is 1.87. The van der Waals surface area contributed by atoms with Crippen molar-refractivity contribution in [2.24, 2.45) is 0 Å². The molecule has 0 radical (unpaired) electrons. The first-order valence-corrected chi connectivity index (χ1v) is 6.59. The molecule has 2 nitrogen and oxygen atoms in total. The molecule has 0 bridgehead atoms. The van der Waals surface area contributed by atoms with Gasteiger partial charge in [0.1, 0.15) is 5.82 Å². The summed E-state index contributed by atoms with van der Waals surface area (Å²) in [5, 5.41) is 6.62. The predicted molar refractivity (Wildman–Crippen MR) is 77.9 cm³/mol. The summed E-state index contributed by atoms with van der Waals surface area (Å²) in [5.74, 6) is -0.202. The topological polar surface area (TPSA) is 24.1 Å². The van der Waals surface area contributed by atoms with Crippen molar-refractivity contribution < 1.29 is 4.39 Å². The number of hydrogen-bond donors (Lipinski definition) is 2. The fourth-order valence-electron chi connectivity index (χ4n) is 1.87. The zero-order chi connectivity index (χ0) is 13.3. The van der Waals surface area contributed by atoms with Gasteiger partial charge < -0.3 is 10.6 Å². The summed E-state index contributed by atoms with van der Waals surface area (Å²) < 4.78 is 12.7. The van der Waals surface area contributed by atoms with Crippen LogP contribution in [-0.2, 0) is 6.42 Å². The van der Waals surface area contributed by atoms with Crippen LogP contribution in [-0.4, -0.2) is 19.6 Å². The van der Waals surface area contributed by atoms with Crippen LogP contribution in [0.1, 0.15) is 5.56 Å². The number of benzene rings is 2. The Morgan fingerprint density at radius 1 is 0.789 bits per heavy atom. The molecule has 0 aliphatic rings. The van der Waals surface area contributed by atoms with Gasteiger partial charge in [-0.3, -0.25) is 0 Å². The number of nitrogens with one attached hydrogen (secondary N) is 2. The summed E-state index contributed by atoms with van der Waals surface area (Å²) in [5.41, 5.74) is 2.30. The van der Waals surface area contributed by atoms with Crippen molar-refractivity contribution in [2.45, 2.75) is 6.42 Å². The van der Waals surface area contributed by atoms with Gasteiger partial charge in [-0.2, -0.15) is 0 Å².